The van der Waals surface area contributed by atoms with Gasteiger partial charge in [-0.05, 0) is 33.9 Å². The summed E-state index contributed by atoms with van der Waals surface area (Å²) in [6, 6.07) is -0.519. The molecule has 96 valence electrons. The van der Waals surface area contributed by atoms with Crippen LogP contribution in [0.4, 0.5) is 0 Å². The third-order valence-electron chi connectivity index (χ3n) is 2.23. The van der Waals surface area contributed by atoms with Crippen LogP contribution in [0.2, 0.25) is 0 Å². The third-order valence-corrected chi connectivity index (χ3v) is 2.23. The van der Waals surface area contributed by atoms with E-state index in [2.05, 4.69) is 4.90 Å². The Morgan fingerprint density at radius 2 is 2.00 bits per heavy atom. The van der Waals surface area contributed by atoms with E-state index >= 15 is 0 Å². The van der Waals surface area contributed by atoms with Crippen LogP contribution < -0.4 is 5.73 Å². The number of rotatable bonds is 9. The summed E-state index contributed by atoms with van der Waals surface area (Å²) in [4.78, 5) is 13.3. The number of hydrogen-bond acceptors (Lipinski definition) is 5. The van der Waals surface area contributed by atoms with E-state index in [1.807, 2.05) is 14.0 Å². The summed E-state index contributed by atoms with van der Waals surface area (Å²) in [5.41, 5.74) is 5.67. The van der Waals surface area contributed by atoms with Crippen molar-refractivity contribution in [1.29, 1.82) is 0 Å². The molecule has 0 aromatic heterocycles. The Labute approximate surface area is 97.9 Å². The van der Waals surface area contributed by atoms with E-state index in [0.29, 0.717) is 19.6 Å². The first-order chi connectivity index (χ1) is 7.61. The summed E-state index contributed by atoms with van der Waals surface area (Å²) in [6.07, 6.45) is 0.613. The van der Waals surface area contributed by atoms with E-state index in [9.17, 15) is 4.79 Å². The van der Waals surface area contributed by atoms with Crippen molar-refractivity contribution >= 4 is 5.97 Å². The summed E-state index contributed by atoms with van der Waals surface area (Å²) < 4.78 is 10.1. The standard InChI is InChI=1S/C11H24N2O3/c1-4-15-9-8-13(3)7-6-10(12)11(14)16-5-2/h10H,4-9,12H2,1-3H3. The van der Waals surface area contributed by atoms with Crippen molar-refractivity contribution in [3.8, 4) is 0 Å². The minimum Gasteiger partial charge on any atom is -0.465 e. The number of nitrogens with two attached hydrogens (primary N) is 1. The fourth-order valence-corrected chi connectivity index (χ4v) is 1.20. The predicted molar refractivity (Wildman–Crippen MR) is 63.2 cm³/mol. The second-order valence-electron chi connectivity index (χ2n) is 3.65. The molecule has 0 saturated heterocycles. The predicted octanol–water partition coefficient (Wildman–Crippen LogP) is 0.235. The zero-order chi connectivity index (χ0) is 12.4. The molecule has 5 heteroatoms. The van der Waals surface area contributed by atoms with Crippen LogP contribution in [0.1, 0.15) is 20.3 Å². The monoisotopic (exact) mass is 232 g/mol. The van der Waals surface area contributed by atoms with Gasteiger partial charge in [0.15, 0.2) is 0 Å². The van der Waals surface area contributed by atoms with Gasteiger partial charge in [0.05, 0.1) is 13.2 Å². The first-order valence-corrected chi connectivity index (χ1v) is 5.80. The van der Waals surface area contributed by atoms with E-state index in [1.165, 1.54) is 0 Å². The summed E-state index contributed by atoms with van der Waals surface area (Å²) in [6.45, 7) is 7.19. The maximum Gasteiger partial charge on any atom is 0.322 e. The Morgan fingerprint density at radius 1 is 1.31 bits per heavy atom. The van der Waals surface area contributed by atoms with Gasteiger partial charge in [-0.2, -0.15) is 0 Å². The Morgan fingerprint density at radius 3 is 2.56 bits per heavy atom. The Kier molecular flexibility index (Phi) is 9.18. The molecule has 0 aliphatic heterocycles. The number of nitrogens with zero attached hydrogens (tertiary/aromatic N) is 1. The fourth-order valence-electron chi connectivity index (χ4n) is 1.20. The zero-order valence-electron chi connectivity index (χ0n) is 10.6. The molecule has 0 fully saturated rings. The zero-order valence-corrected chi connectivity index (χ0v) is 10.6. The van der Waals surface area contributed by atoms with Crippen LogP contribution in [0.5, 0.6) is 0 Å². The minimum absolute atomic E-state index is 0.319. The highest BCUT2D eigenvalue weighted by Gasteiger charge is 2.14. The number of carbonyl (C=O) groups excluding carboxylic acids is 1. The van der Waals surface area contributed by atoms with Crippen LogP contribution in [0.15, 0.2) is 0 Å². The minimum atomic E-state index is -0.519. The lowest BCUT2D eigenvalue weighted by Gasteiger charge is -2.18. The first kappa shape index (κ1) is 15.3. The molecule has 0 saturated carbocycles. The number of ether oxygens (including phenoxy) is 2. The van der Waals surface area contributed by atoms with Gasteiger partial charge in [-0.15, -0.1) is 0 Å². The van der Waals surface area contributed by atoms with Crippen molar-refractivity contribution in [3.05, 3.63) is 0 Å². The highest BCUT2D eigenvalue weighted by molar-refractivity contribution is 5.75. The summed E-state index contributed by atoms with van der Waals surface area (Å²) in [5, 5.41) is 0. The molecule has 2 N–H and O–H groups in total. The molecule has 0 rings (SSSR count). The van der Waals surface area contributed by atoms with E-state index in [-0.39, 0.29) is 5.97 Å². The van der Waals surface area contributed by atoms with E-state index in [4.69, 9.17) is 15.2 Å². The molecular formula is C11H24N2O3. The second-order valence-corrected chi connectivity index (χ2v) is 3.65. The maximum absolute atomic E-state index is 11.2. The van der Waals surface area contributed by atoms with Crippen molar-refractivity contribution in [2.45, 2.75) is 26.3 Å². The van der Waals surface area contributed by atoms with Crippen LogP contribution in [-0.2, 0) is 14.3 Å². The third kappa shape index (κ3) is 7.62. The van der Waals surface area contributed by atoms with Gasteiger partial charge < -0.3 is 20.1 Å². The van der Waals surface area contributed by atoms with Gasteiger partial charge in [0.1, 0.15) is 6.04 Å². The molecule has 0 amide bonds. The van der Waals surface area contributed by atoms with Crippen LogP contribution in [0.3, 0.4) is 0 Å². The van der Waals surface area contributed by atoms with Crippen LogP contribution in [0.25, 0.3) is 0 Å². The van der Waals surface area contributed by atoms with Gasteiger partial charge in [-0.1, -0.05) is 0 Å². The maximum atomic E-state index is 11.2. The summed E-state index contributed by atoms with van der Waals surface area (Å²) in [5.74, 6) is -0.319. The molecular weight excluding hydrogens is 208 g/mol. The molecule has 0 spiro atoms. The SMILES string of the molecule is CCOCCN(C)CCC(N)C(=O)OCC. The lowest BCUT2D eigenvalue weighted by molar-refractivity contribution is -0.144. The average molecular weight is 232 g/mol. The lowest BCUT2D eigenvalue weighted by atomic mass is 10.2. The molecule has 1 atom stereocenters. The number of carbonyl (C=O) groups is 1. The normalized spacial score (nSPS) is 12.8. The van der Waals surface area contributed by atoms with E-state index in [1.54, 1.807) is 6.92 Å². The largest absolute Gasteiger partial charge is 0.465 e. The number of likely N-dealkylation sites (N-methyl/N-ethyl adjacent to an activating group) is 1. The van der Waals surface area contributed by atoms with Crippen molar-refractivity contribution in [3.63, 3.8) is 0 Å². The van der Waals surface area contributed by atoms with Gasteiger partial charge in [-0.25, -0.2) is 0 Å². The molecule has 16 heavy (non-hydrogen) atoms. The molecule has 0 aromatic carbocycles. The Bertz CT molecular complexity index is 188. The second kappa shape index (κ2) is 9.57. The smallest absolute Gasteiger partial charge is 0.322 e. The van der Waals surface area contributed by atoms with Gasteiger partial charge in [0.25, 0.3) is 0 Å². The van der Waals surface area contributed by atoms with Crippen LogP contribution >= 0.6 is 0 Å². The first-order valence-electron chi connectivity index (χ1n) is 5.80. The Hall–Kier alpha value is -0.650. The quantitative estimate of drug-likeness (QED) is 0.455. The molecule has 1 unspecified atom stereocenters. The van der Waals surface area contributed by atoms with E-state index < -0.39 is 6.04 Å². The topological polar surface area (TPSA) is 64.8 Å². The number of esters is 1. The molecule has 0 aliphatic rings. The van der Waals surface area contributed by atoms with Crippen molar-refractivity contribution < 1.29 is 14.3 Å². The lowest BCUT2D eigenvalue weighted by Crippen LogP contribution is -2.36. The van der Waals surface area contributed by atoms with Crippen LogP contribution in [0, 0.1) is 0 Å². The summed E-state index contributed by atoms with van der Waals surface area (Å²) >= 11 is 0. The van der Waals surface area contributed by atoms with Gasteiger partial charge in [0.2, 0.25) is 0 Å². The highest BCUT2D eigenvalue weighted by atomic mass is 16.5. The van der Waals surface area contributed by atoms with Crippen molar-refractivity contribution in [2.24, 2.45) is 5.73 Å². The van der Waals surface area contributed by atoms with Gasteiger partial charge in [0, 0.05) is 13.2 Å². The molecule has 0 aliphatic carbocycles. The van der Waals surface area contributed by atoms with Crippen molar-refractivity contribution in [1.82, 2.24) is 4.90 Å². The average Bonchev–Trinajstić information content (AvgIpc) is 2.26. The Balaban J connectivity index is 3.57. The molecule has 0 heterocycles. The van der Waals surface area contributed by atoms with E-state index in [0.717, 1.165) is 19.7 Å². The molecule has 0 radical (unpaired) electrons. The summed E-state index contributed by atoms with van der Waals surface area (Å²) in [7, 11) is 1.98. The molecule has 5 nitrogen and oxygen atoms in total. The van der Waals surface area contributed by atoms with Crippen molar-refractivity contribution in [2.75, 3.05) is 40.0 Å². The molecule has 0 bridgehead atoms. The number of hydrogen-bond donors (Lipinski definition) is 1. The van der Waals surface area contributed by atoms with Gasteiger partial charge in [-0.3, -0.25) is 4.79 Å². The molecule has 0 aromatic rings. The van der Waals surface area contributed by atoms with Crippen LogP contribution in [-0.4, -0.2) is 56.9 Å². The fraction of sp³-hybridized carbons (Fsp3) is 0.909. The highest BCUT2D eigenvalue weighted by Crippen LogP contribution is 1.95. The van der Waals surface area contributed by atoms with Gasteiger partial charge >= 0.3 is 5.97 Å².